The Hall–Kier alpha value is -0.930. The molecule has 0 aromatic rings. The van der Waals surface area contributed by atoms with Gasteiger partial charge in [-0.2, -0.15) is 0 Å². The predicted molar refractivity (Wildman–Crippen MR) is 30.4 cm³/mol. The van der Waals surface area contributed by atoms with Crippen LogP contribution >= 0.6 is 0 Å². The molecule has 0 atom stereocenters. The van der Waals surface area contributed by atoms with Gasteiger partial charge >= 0.3 is 0 Å². The van der Waals surface area contributed by atoms with Gasteiger partial charge in [0.2, 0.25) is 0 Å². The maximum atomic E-state index is 9.59. The first kappa shape index (κ1) is 7.07. The van der Waals surface area contributed by atoms with Crippen molar-refractivity contribution in [2.75, 3.05) is 0 Å². The monoisotopic (exact) mass is 116 g/mol. The molecule has 0 saturated heterocycles. The average Bonchev–Trinajstić information content (AvgIpc) is 1.65. The van der Waals surface area contributed by atoms with Crippen molar-refractivity contribution in [1.82, 2.24) is 0 Å². The van der Waals surface area contributed by atoms with Crippen LogP contribution in [0.3, 0.4) is 0 Å². The van der Waals surface area contributed by atoms with Gasteiger partial charge in [-0.3, -0.25) is 0 Å². The van der Waals surface area contributed by atoms with E-state index < -0.39 is 5.03 Å². The average molecular weight is 116 g/mol. The molecular weight excluding hydrogens is 108 g/mol. The summed E-state index contributed by atoms with van der Waals surface area (Å²) in [5, 5.41) is 11.9. The third-order valence-electron chi connectivity index (χ3n) is 0.764. The van der Waals surface area contributed by atoms with E-state index in [9.17, 15) is 10.1 Å². The van der Waals surface area contributed by atoms with Crippen molar-refractivity contribution in [2.45, 2.75) is 20.3 Å². The molecule has 0 aliphatic rings. The van der Waals surface area contributed by atoms with Crippen molar-refractivity contribution in [2.24, 2.45) is 5.10 Å². The van der Waals surface area contributed by atoms with E-state index >= 15 is 0 Å². The van der Waals surface area contributed by atoms with Crippen LogP contribution in [0.5, 0.6) is 0 Å². The highest BCUT2D eigenvalue weighted by atomic mass is 16.7. The summed E-state index contributed by atoms with van der Waals surface area (Å²) in [7, 11) is 0. The minimum absolute atomic E-state index is 0.551. The van der Waals surface area contributed by atoms with Crippen LogP contribution in [-0.4, -0.2) is 10.7 Å². The van der Waals surface area contributed by atoms with Gasteiger partial charge in [0.05, 0.1) is 10.8 Å². The minimum atomic E-state index is -0.682. The van der Waals surface area contributed by atoms with Crippen LogP contribution in [0, 0.1) is 10.1 Å². The van der Waals surface area contributed by atoms with Gasteiger partial charge in [0, 0.05) is 0 Å². The SMILES string of the molecule is CC/C(C)=N/[N+](=O)[O-]. The van der Waals surface area contributed by atoms with E-state index in [2.05, 4.69) is 5.10 Å². The summed E-state index contributed by atoms with van der Waals surface area (Å²) in [6, 6.07) is 0. The minimum Gasteiger partial charge on any atom is -0.233 e. The lowest BCUT2D eigenvalue weighted by Crippen LogP contribution is -1.93. The topological polar surface area (TPSA) is 55.5 Å². The Morgan fingerprint density at radius 1 is 1.88 bits per heavy atom. The normalized spacial score (nSPS) is 11.5. The molecule has 0 rings (SSSR count). The van der Waals surface area contributed by atoms with E-state index in [0.29, 0.717) is 12.1 Å². The molecule has 0 bridgehead atoms. The molecule has 0 aromatic heterocycles. The summed E-state index contributed by atoms with van der Waals surface area (Å²) >= 11 is 0. The van der Waals surface area contributed by atoms with Crippen molar-refractivity contribution < 1.29 is 5.03 Å². The molecule has 0 amide bonds. The zero-order chi connectivity index (χ0) is 6.57. The maximum absolute atomic E-state index is 9.59. The zero-order valence-corrected chi connectivity index (χ0v) is 4.92. The first-order valence-corrected chi connectivity index (χ1v) is 2.35. The second kappa shape index (κ2) is 3.12. The molecule has 46 valence electrons. The fourth-order valence-electron chi connectivity index (χ4n) is 0.210. The van der Waals surface area contributed by atoms with Crippen molar-refractivity contribution in [3.05, 3.63) is 10.1 Å². The molecule has 4 heteroatoms. The molecular formula is C4H8N2O2. The molecule has 0 aliphatic heterocycles. The Morgan fingerprint density at radius 3 is 2.50 bits per heavy atom. The van der Waals surface area contributed by atoms with Gasteiger partial charge in [-0.1, -0.05) is 6.92 Å². The Labute approximate surface area is 47.4 Å². The summed E-state index contributed by atoms with van der Waals surface area (Å²) < 4.78 is 0. The molecule has 0 aromatic carbocycles. The Morgan fingerprint density at radius 2 is 2.38 bits per heavy atom. The van der Waals surface area contributed by atoms with E-state index in [0.717, 1.165) is 0 Å². The summed E-state index contributed by atoms with van der Waals surface area (Å²) in [6.07, 6.45) is 0.640. The van der Waals surface area contributed by atoms with Crippen LogP contribution in [0.4, 0.5) is 0 Å². The first-order valence-electron chi connectivity index (χ1n) is 2.35. The number of rotatable bonds is 2. The number of hydrazone groups is 1. The van der Waals surface area contributed by atoms with Gasteiger partial charge in [-0.25, -0.2) is 10.1 Å². The van der Waals surface area contributed by atoms with Gasteiger partial charge in [0.25, 0.3) is 0 Å². The highest BCUT2D eigenvalue weighted by Crippen LogP contribution is 1.82. The van der Waals surface area contributed by atoms with Crippen LogP contribution in [0.25, 0.3) is 0 Å². The van der Waals surface area contributed by atoms with Crippen LogP contribution in [0.2, 0.25) is 0 Å². The van der Waals surface area contributed by atoms with Crippen LogP contribution in [-0.2, 0) is 0 Å². The summed E-state index contributed by atoms with van der Waals surface area (Å²) in [4.78, 5) is 9.59. The number of nitro groups is 1. The second-order valence-corrected chi connectivity index (χ2v) is 1.43. The van der Waals surface area contributed by atoms with Gasteiger partial charge in [-0.15, -0.1) is 0 Å². The van der Waals surface area contributed by atoms with Crippen molar-refractivity contribution in [3.8, 4) is 0 Å². The molecule has 8 heavy (non-hydrogen) atoms. The quantitative estimate of drug-likeness (QED) is 0.307. The third-order valence-corrected chi connectivity index (χ3v) is 0.764. The molecule has 0 N–H and O–H groups in total. The van der Waals surface area contributed by atoms with Crippen molar-refractivity contribution in [1.29, 1.82) is 0 Å². The lowest BCUT2D eigenvalue weighted by atomic mass is 10.3. The van der Waals surface area contributed by atoms with Gasteiger partial charge in [-0.05, 0) is 13.3 Å². The van der Waals surface area contributed by atoms with E-state index in [1.807, 2.05) is 6.92 Å². The van der Waals surface area contributed by atoms with Crippen molar-refractivity contribution >= 4 is 5.71 Å². The molecule has 0 unspecified atom stereocenters. The second-order valence-electron chi connectivity index (χ2n) is 1.43. The smallest absolute Gasteiger partial charge is 0.190 e. The summed E-state index contributed by atoms with van der Waals surface area (Å²) in [5.74, 6) is 0. The fourth-order valence-corrected chi connectivity index (χ4v) is 0.210. The number of nitrogens with zero attached hydrogens (tertiary/aromatic N) is 2. The van der Waals surface area contributed by atoms with Crippen LogP contribution < -0.4 is 0 Å². The third kappa shape index (κ3) is 3.27. The number of hydrogen-bond acceptors (Lipinski definition) is 2. The van der Waals surface area contributed by atoms with Gasteiger partial charge in [0.15, 0.2) is 5.03 Å². The van der Waals surface area contributed by atoms with E-state index in [1.54, 1.807) is 6.92 Å². The largest absolute Gasteiger partial charge is 0.233 e. The Balaban J connectivity index is 3.75. The fraction of sp³-hybridized carbons (Fsp3) is 0.750. The molecule has 0 radical (unpaired) electrons. The molecule has 0 fully saturated rings. The highest BCUT2D eigenvalue weighted by molar-refractivity contribution is 5.80. The standard InChI is InChI=1S/C4H8N2O2/c1-3-4(2)5-6(7)8/h3H2,1-2H3/b5-4+. The Bertz CT molecular complexity index is 119. The van der Waals surface area contributed by atoms with Crippen molar-refractivity contribution in [3.63, 3.8) is 0 Å². The van der Waals surface area contributed by atoms with Crippen LogP contribution in [0.15, 0.2) is 5.10 Å². The van der Waals surface area contributed by atoms with E-state index in [-0.39, 0.29) is 0 Å². The van der Waals surface area contributed by atoms with E-state index in [4.69, 9.17) is 0 Å². The molecule has 0 aliphatic carbocycles. The zero-order valence-electron chi connectivity index (χ0n) is 4.92. The molecule has 4 nitrogen and oxygen atoms in total. The maximum Gasteiger partial charge on any atom is 0.190 e. The Kier molecular flexibility index (Phi) is 2.76. The predicted octanol–water partition coefficient (Wildman–Crippen LogP) is 1.05. The lowest BCUT2D eigenvalue weighted by Gasteiger charge is -1.82. The van der Waals surface area contributed by atoms with Gasteiger partial charge < -0.3 is 0 Å². The first-order chi connectivity index (χ1) is 3.66. The summed E-state index contributed by atoms with van der Waals surface area (Å²) in [6.45, 7) is 3.45. The molecule has 0 spiro atoms. The van der Waals surface area contributed by atoms with E-state index in [1.165, 1.54) is 0 Å². The number of hydrogen-bond donors (Lipinski definition) is 0. The van der Waals surface area contributed by atoms with Gasteiger partial charge in [0.1, 0.15) is 0 Å². The van der Waals surface area contributed by atoms with Crippen LogP contribution in [0.1, 0.15) is 20.3 Å². The summed E-state index contributed by atoms with van der Waals surface area (Å²) in [5.41, 5.74) is 0.551. The highest BCUT2D eigenvalue weighted by Gasteiger charge is 1.91. The molecule has 0 heterocycles. The lowest BCUT2D eigenvalue weighted by molar-refractivity contribution is -0.485. The molecule has 0 saturated carbocycles.